The van der Waals surface area contributed by atoms with Gasteiger partial charge in [0.05, 0.1) is 23.8 Å². The Hall–Kier alpha value is -2.42. The van der Waals surface area contributed by atoms with Gasteiger partial charge >= 0.3 is 0 Å². The topological polar surface area (TPSA) is 94.2 Å². The molecule has 0 saturated heterocycles. The fourth-order valence-electron chi connectivity index (χ4n) is 2.79. The standard InChI is InChI=1S/C16H22N6O2S/c1-11(2)10-21-16(12(3)4)13(8-18-21)20-25(23,24)15-9-19-22-14(15)6-5-7-17-22/h5-9,11-12,20H,10H2,1-4H3. The molecule has 0 aliphatic carbocycles. The Morgan fingerprint density at radius 1 is 1.12 bits per heavy atom. The van der Waals surface area contributed by atoms with Crippen molar-refractivity contribution in [3.63, 3.8) is 0 Å². The maximum absolute atomic E-state index is 12.9. The number of hydrogen-bond donors (Lipinski definition) is 1. The van der Waals surface area contributed by atoms with Crippen LogP contribution in [0.15, 0.2) is 35.6 Å². The Balaban J connectivity index is 2.00. The van der Waals surface area contributed by atoms with E-state index in [1.807, 2.05) is 18.5 Å². The second kappa shape index (κ2) is 6.47. The third kappa shape index (κ3) is 3.37. The Morgan fingerprint density at radius 2 is 1.88 bits per heavy atom. The number of hydrogen-bond acceptors (Lipinski definition) is 5. The van der Waals surface area contributed by atoms with Gasteiger partial charge in [0, 0.05) is 12.7 Å². The SMILES string of the molecule is CC(C)Cn1ncc(NS(=O)(=O)c2cnn3ncccc23)c1C(C)C. The molecule has 3 rings (SSSR count). The molecule has 0 bridgehead atoms. The van der Waals surface area contributed by atoms with Crippen molar-refractivity contribution < 1.29 is 8.42 Å². The quantitative estimate of drug-likeness (QED) is 0.727. The summed E-state index contributed by atoms with van der Waals surface area (Å²) in [5.41, 5.74) is 1.79. The highest BCUT2D eigenvalue weighted by molar-refractivity contribution is 7.93. The minimum Gasteiger partial charge on any atom is -0.276 e. The van der Waals surface area contributed by atoms with Gasteiger partial charge in [0.1, 0.15) is 10.4 Å². The lowest BCUT2D eigenvalue weighted by atomic mass is 10.1. The first-order valence-electron chi connectivity index (χ1n) is 8.17. The summed E-state index contributed by atoms with van der Waals surface area (Å²) in [5, 5.41) is 12.4. The molecule has 0 unspecified atom stereocenters. The number of nitrogens with one attached hydrogen (secondary N) is 1. The van der Waals surface area contributed by atoms with Crippen LogP contribution in [0.1, 0.15) is 39.3 Å². The lowest BCUT2D eigenvalue weighted by molar-refractivity contribution is 0.462. The third-order valence-corrected chi connectivity index (χ3v) is 5.15. The van der Waals surface area contributed by atoms with E-state index in [0.29, 0.717) is 17.1 Å². The van der Waals surface area contributed by atoms with E-state index in [1.165, 1.54) is 10.8 Å². The number of nitrogens with zero attached hydrogens (tertiary/aromatic N) is 5. The van der Waals surface area contributed by atoms with E-state index < -0.39 is 10.0 Å². The van der Waals surface area contributed by atoms with Crippen LogP contribution >= 0.6 is 0 Å². The second-order valence-electron chi connectivity index (χ2n) is 6.69. The predicted molar refractivity (Wildman–Crippen MR) is 94.9 cm³/mol. The van der Waals surface area contributed by atoms with Crippen molar-refractivity contribution in [2.45, 2.75) is 45.1 Å². The van der Waals surface area contributed by atoms with Crippen LogP contribution in [0.4, 0.5) is 5.69 Å². The van der Waals surface area contributed by atoms with Crippen molar-refractivity contribution >= 4 is 21.2 Å². The van der Waals surface area contributed by atoms with E-state index in [9.17, 15) is 8.42 Å². The highest BCUT2D eigenvalue weighted by atomic mass is 32.2. The Morgan fingerprint density at radius 3 is 2.56 bits per heavy atom. The van der Waals surface area contributed by atoms with E-state index in [-0.39, 0.29) is 10.8 Å². The number of anilines is 1. The van der Waals surface area contributed by atoms with Crippen molar-refractivity contribution in [1.82, 2.24) is 24.6 Å². The molecule has 0 aliphatic heterocycles. The zero-order chi connectivity index (χ0) is 18.2. The fraction of sp³-hybridized carbons (Fsp3) is 0.438. The number of aromatic nitrogens is 5. The molecule has 1 N–H and O–H groups in total. The summed E-state index contributed by atoms with van der Waals surface area (Å²) >= 11 is 0. The average Bonchev–Trinajstić information content (AvgIpc) is 3.10. The van der Waals surface area contributed by atoms with Crippen LogP contribution in [0.3, 0.4) is 0 Å². The minimum absolute atomic E-state index is 0.0897. The molecule has 3 aromatic heterocycles. The van der Waals surface area contributed by atoms with Crippen LogP contribution in [0.2, 0.25) is 0 Å². The van der Waals surface area contributed by atoms with Gasteiger partial charge in [0.15, 0.2) is 0 Å². The fourth-order valence-corrected chi connectivity index (χ4v) is 3.96. The van der Waals surface area contributed by atoms with Crippen molar-refractivity contribution in [2.24, 2.45) is 5.92 Å². The molecule has 0 radical (unpaired) electrons. The van der Waals surface area contributed by atoms with Gasteiger partial charge in [-0.3, -0.25) is 9.40 Å². The molecule has 0 fully saturated rings. The molecule has 134 valence electrons. The summed E-state index contributed by atoms with van der Waals surface area (Å²) < 4.78 is 31.5. The van der Waals surface area contributed by atoms with Gasteiger partial charge in [0.2, 0.25) is 0 Å². The van der Waals surface area contributed by atoms with Crippen molar-refractivity contribution in [3.8, 4) is 0 Å². The highest BCUT2D eigenvalue weighted by Crippen LogP contribution is 2.28. The third-order valence-electron chi connectivity index (χ3n) is 3.77. The van der Waals surface area contributed by atoms with Crippen LogP contribution in [-0.2, 0) is 16.6 Å². The molecule has 3 heterocycles. The molecule has 25 heavy (non-hydrogen) atoms. The van der Waals surface area contributed by atoms with Crippen molar-refractivity contribution in [1.29, 1.82) is 0 Å². The van der Waals surface area contributed by atoms with E-state index >= 15 is 0 Å². The van der Waals surface area contributed by atoms with Gasteiger partial charge in [-0.05, 0) is 24.0 Å². The normalized spacial score (nSPS) is 12.4. The number of rotatable bonds is 6. The minimum atomic E-state index is -3.79. The van der Waals surface area contributed by atoms with E-state index in [2.05, 4.69) is 33.9 Å². The van der Waals surface area contributed by atoms with Crippen LogP contribution < -0.4 is 4.72 Å². The summed E-state index contributed by atoms with van der Waals surface area (Å²) in [4.78, 5) is 0.0897. The lowest BCUT2D eigenvalue weighted by Crippen LogP contribution is -2.16. The summed E-state index contributed by atoms with van der Waals surface area (Å²) in [6.45, 7) is 8.97. The van der Waals surface area contributed by atoms with Gasteiger partial charge in [0.25, 0.3) is 10.0 Å². The highest BCUT2D eigenvalue weighted by Gasteiger charge is 2.24. The molecule has 9 heteroatoms. The molecule has 8 nitrogen and oxygen atoms in total. The molecule has 0 aliphatic rings. The summed E-state index contributed by atoms with van der Waals surface area (Å²) in [5.74, 6) is 0.539. The molecular weight excluding hydrogens is 340 g/mol. The smallest absolute Gasteiger partial charge is 0.265 e. The van der Waals surface area contributed by atoms with Crippen LogP contribution in [0.5, 0.6) is 0 Å². The zero-order valence-electron chi connectivity index (χ0n) is 14.7. The monoisotopic (exact) mass is 362 g/mol. The molecule has 0 spiro atoms. The maximum Gasteiger partial charge on any atom is 0.265 e. The van der Waals surface area contributed by atoms with Gasteiger partial charge in [-0.1, -0.05) is 27.7 Å². The lowest BCUT2D eigenvalue weighted by Gasteiger charge is -2.15. The first kappa shape index (κ1) is 17.4. The molecule has 3 aromatic rings. The van der Waals surface area contributed by atoms with Gasteiger partial charge in [-0.25, -0.2) is 8.42 Å². The van der Waals surface area contributed by atoms with E-state index in [4.69, 9.17) is 0 Å². The van der Waals surface area contributed by atoms with Crippen LogP contribution in [0, 0.1) is 5.92 Å². The molecule has 0 saturated carbocycles. The van der Waals surface area contributed by atoms with Gasteiger partial charge in [-0.15, -0.1) is 0 Å². The van der Waals surface area contributed by atoms with Crippen LogP contribution in [0.25, 0.3) is 5.52 Å². The summed E-state index contributed by atoms with van der Waals surface area (Å²) in [7, 11) is -3.79. The molecular formula is C16H22N6O2S. The zero-order valence-corrected chi connectivity index (χ0v) is 15.5. The van der Waals surface area contributed by atoms with Gasteiger partial charge < -0.3 is 0 Å². The molecule has 0 atom stereocenters. The Bertz CT molecular complexity index is 987. The Kier molecular flexibility index (Phi) is 4.51. The molecule has 0 amide bonds. The van der Waals surface area contributed by atoms with E-state index in [0.717, 1.165) is 12.2 Å². The number of fused-ring (bicyclic) bond motifs is 1. The first-order chi connectivity index (χ1) is 11.8. The molecule has 0 aromatic carbocycles. The van der Waals surface area contributed by atoms with Gasteiger partial charge in [-0.2, -0.15) is 19.9 Å². The van der Waals surface area contributed by atoms with Crippen molar-refractivity contribution in [2.75, 3.05) is 4.72 Å². The van der Waals surface area contributed by atoms with Crippen LogP contribution in [-0.4, -0.2) is 33.0 Å². The van der Waals surface area contributed by atoms with Crippen molar-refractivity contribution in [3.05, 3.63) is 36.4 Å². The average molecular weight is 362 g/mol. The Labute approximate surface area is 146 Å². The maximum atomic E-state index is 12.9. The predicted octanol–water partition coefficient (Wildman–Crippen LogP) is 2.51. The number of sulfonamides is 1. The van der Waals surface area contributed by atoms with E-state index in [1.54, 1.807) is 24.5 Å². The largest absolute Gasteiger partial charge is 0.276 e. The second-order valence-corrected chi connectivity index (χ2v) is 8.34. The summed E-state index contributed by atoms with van der Waals surface area (Å²) in [6.07, 6.45) is 4.42. The summed E-state index contributed by atoms with van der Waals surface area (Å²) in [6, 6.07) is 3.34. The first-order valence-corrected chi connectivity index (χ1v) is 9.65.